The Morgan fingerprint density at radius 1 is 1.28 bits per heavy atom. The van der Waals surface area contributed by atoms with Gasteiger partial charge in [-0.05, 0) is 36.8 Å². The third kappa shape index (κ3) is 2.70. The van der Waals surface area contributed by atoms with E-state index in [1.807, 2.05) is 6.07 Å². The molecule has 0 bridgehead atoms. The van der Waals surface area contributed by atoms with Crippen LogP contribution >= 0.6 is 11.6 Å². The number of carbonyl (C=O) groups is 2. The Hall–Kier alpha value is -2.34. The van der Waals surface area contributed by atoms with Gasteiger partial charge in [0.1, 0.15) is 6.04 Å². The van der Waals surface area contributed by atoms with Gasteiger partial charge in [0.05, 0.1) is 5.02 Å². The Morgan fingerprint density at radius 3 is 2.84 bits per heavy atom. The molecule has 2 heterocycles. The molecule has 1 saturated heterocycles. The number of carbonyl (C=O) groups excluding carboxylic acids is 1. The van der Waals surface area contributed by atoms with Gasteiger partial charge >= 0.3 is 5.97 Å². The van der Waals surface area contributed by atoms with Crippen LogP contribution in [0, 0.1) is 11.8 Å². The smallest absolute Gasteiger partial charge is 0.326 e. The maximum absolute atomic E-state index is 12.8. The molecule has 0 radical (unpaired) electrons. The molecular formula is C18H17ClN2O4. The summed E-state index contributed by atoms with van der Waals surface area (Å²) in [6, 6.07) is 7.86. The van der Waals surface area contributed by atoms with Crippen LogP contribution in [0.2, 0.25) is 5.02 Å². The van der Waals surface area contributed by atoms with Crippen molar-refractivity contribution in [3.8, 4) is 11.3 Å². The van der Waals surface area contributed by atoms with Crippen molar-refractivity contribution in [3.05, 3.63) is 41.0 Å². The number of carboxylic acid groups (broad SMARTS) is 1. The fourth-order valence-electron chi connectivity index (χ4n) is 4.14. The highest BCUT2D eigenvalue weighted by molar-refractivity contribution is 6.33. The lowest BCUT2D eigenvalue weighted by molar-refractivity contribution is -0.142. The molecule has 1 N–H and O–H groups in total. The van der Waals surface area contributed by atoms with Gasteiger partial charge in [-0.15, -0.1) is 0 Å². The first-order valence-corrected chi connectivity index (χ1v) is 8.69. The van der Waals surface area contributed by atoms with E-state index in [1.165, 1.54) is 11.0 Å². The van der Waals surface area contributed by atoms with E-state index in [-0.39, 0.29) is 17.5 Å². The van der Waals surface area contributed by atoms with E-state index in [1.54, 1.807) is 18.2 Å². The van der Waals surface area contributed by atoms with Crippen molar-refractivity contribution < 1.29 is 19.2 Å². The summed E-state index contributed by atoms with van der Waals surface area (Å²) in [5.41, 5.74) is 0.755. The van der Waals surface area contributed by atoms with Crippen LogP contribution in [0.5, 0.6) is 0 Å². The third-order valence-electron chi connectivity index (χ3n) is 5.27. The second-order valence-corrected chi connectivity index (χ2v) is 7.06. The molecule has 2 aromatic rings. The van der Waals surface area contributed by atoms with Crippen molar-refractivity contribution in [3.63, 3.8) is 0 Å². The number of aliphatic carboxylic acids is 1. The van der Waals surface area contributed by atoms with Crippen LogP contribution < -0.4 is 0 Å². The molecule has 6 nitrogen and oxygen atoms in total. The number of benzene rings is 1. The molecular weight excluding hydrogens is 344 g/mol. The number of fused-ring (bicyclic) bond motifs is 1. The van der Waals surface area contributed by atoms with E-state index < -0.39 is 17.9 Å². The molecule has 3 atom stereocenters. The maximum Gasteiger partial charge on any atom is 0.326 e. The van der Waals surface area contributed by atoms with E-state index in [0.717, 1.165) is 19.3 Å². The van der Waals surface area contributed by atoms with E-state index in [0.29, 0.717) is 22.9 Å². The SMILES string of the molecule is O=C(O)C1C2CCCC2CN1C(=O)c1cc(-c2ccccc2Cl)on1. The molecule has 3 unspecified atom stereocenters. The maximum atomic E-state index is 12.8. The summed E-state index contributed by atoms with van der Waals surface area (Å²) in [5, 5.41) is 13.9. The quantitative estimate of drug-likeness (QED) is 0.907. The number of rotatable bonds is 3. The van der Waals surface area contributed by atoms with E-state index in [4.69, 9.17) is 16.1 Å². The van der Waals surface area contributed by atoms with Gasteiger partial charge in [0.15, 0.2) is 11.5 Å². The first kappa shape index (κ1) is 16.1. The van der Waals surface area contributed by atoms with Crippen molar-refractivity contribution in [2.75, 3.05) is 6.54 Å². The Kier molecular flexibility index (Phi) is 4.00. The number of carboxylic acids is 1. The predicted octanol–water partition coefficient (Wildman–Crippen LogP) is 3.32. The lowest BCUT2D eigenvalue weighted by Crippen LogP contribution is -2.43. The third-order valence-corrected chi connectivity index (χ3v) is 5.60. The summed E-state index contributed by atoms with van der Waals surface area (Å²) in [6.45, 7) is 0.467. The van der Waals surface area contributed by atoms with Crippen LogP contribution in [0.4, 0.5) is 0 Å². The minimum Gasteiger partial charge on any atom is -0.480 e. The van der Waals surface area contributed by atoms with Gasteiger partial charge in [-0.1, -0.05) is 35.3 Å². The second kappa shape index (κ2) is 6.19. The van der Waals surface area contributed by atoms with E-state index >= 15 is 0 Å². The first-order valence-electron chi connectivity index (χ1n) is 8.31. The summed E-state index contributed by atoms with van der Waals surface area (Å²) in [5.74, 6) is -0.655. The van der Waals surface area contributed by atoms with Gasteiger partial charge in [-0.25, -0.2) is 4.79 Å². The van der Waals surface area contributed by atoms with Gasteiger partial charge in [-0.3, -0.25) is 4.79 Å². The number of hydrogen-bond acceptors (Lipinski definition) is 4. The summed E-state index contributed by atoms with van der Waals surface area (Å²) in [4.78, 5) is 26.0. The van der Waals surface area contributed by atoms with Crippen molar-refractivity contribution >= 4 is 23.5 Å². The second-order valence-electron chi connectivity index (χ2n) is 6.65. The number of likely N-dealkylation sites (tertiary alicyclic amines) is 1. The van der Waals surface area contributed by atoms with Crippen molar-refractivity contribution in [1.82, 2.24) is 10.1 Å². The lowest BCUT2D eigenvalue weighted by Gasteiger charge is -2.23. The van der Waals surface area contributed by atoms with Gasteiger partial charge < -0.3 is 14.5 Å². The summed E-state index contributed by atoms with van der Waals surface area (Å²) >= 11 is 6.14. The van der Waals surface area contributed by atoms with Crippen molar-refractivity contribution in [2.45, 2.75) is 25.3 Å². The Labute approximate surface area is 149 Å². The molecule has 130 valence electrons. The molecule has 1 aromatic heterocycles. The van der Waals surface area contributed by atoms with Gasteiger partial charge in [0.2, 0.25) is 0 Å². The van der Waals surface area contributed by atoms with E-state index in [9.17, 15) is 14.7 Å². The largest absolute Gasteiger partial charge is 0.480 e. The molecule has 2 fully saturated rings. The summed E-state index contributed by atoms with van der Waals surface area (Å²) < 4.78 is 5.27. The van der Waals surface area contributed by atoms with Crippen LogP contribution in [0.25, 0.3) is 11.3 Å². The van der Waals surface area contributed by atoms with E-state index in [2.05, 4.69) is 5.16 Å². The van der Waals surface area contributed by atoms with Crippen LogP contribution in [-0.4, -0.2) is 39.6 Å². The Bertz CT molecular complexity index is 834. The average molecular weight is 361 g/mol. The number of nitrogens with zero attached hydrogens (tertiary/aromatic N) is 2. The zero-order chi connectivity index (χ0) is 17.6. The normalized spacial score (nSPS) is 25.2. The molecule has 2 aliphatic rings. The molecule has 25 heavy (non-hydrogen) atoms. The predicted molar refractivity (Wildman–Crippen MR) is 90.2 cm³/mol. The topological polar surface area (TPSA) is 83.6 Å². The highest BCUT2D eigenvalue weighted by Gasteiger charge is 2.50. The van der Waals surface area contributed by atoms with Crippen molar-refractivity contribution in [2.24, 2.45) is 11.8 Å². The Morgan fingerprint density at radius 2 is 2.08 bits per heavy atom. The molecule has 1 aliphatic heterocycles. The van der Waals surface area contributed by atoms with Gasteiger partial charge in [0.25, 0.3) is 5.91 Å². The number of halogens is 1. The molecule has 1 aromatic carbocycles. The fraction of sp³-hybridized carbons (Fsp3) is 0.389. The zero-order valence-electron chi connectivity index (χ0n) is 13.4. The number of aromatic nitrogens is 1. The van der Waals surface area contributed by atoms with Crippen molar-refractivity contribution in [1.29, 1.82) is 0 Å². The lowest BCUT2D eigenvalue weighted by atomic mass is 9.94. The average Bonchev–Trinajstić information content (AvgIpc) is 3.29. The molecule has 0 spiro atoms. The molecule has 4 rings (SSSR count). The summed E-state index contributed by atoms with van der Waals surface area (Å²) in [7, 11) is 0. The minimum atomic E-state index is -0.947. The molecule has 1 amide bonds. The Balaban J connectivity index is 1.61. The minimum absolute atomic E-state index is 0.0383. The standard InChI is InChI=1S/C18H17ClN2O4/c19-13-7-2-1-5-12(13)15-8-14(20-25-15)17(22)21-9-10-4-3-6-11(10)16(21)18(23)24/h1-2,5,7-8,10-11,16H,3-4,6,9H2,(H,23,24). The van der Waals surface area contributed by atoms with Gasteiger partial charge in [0, 0.05) is 18.2 Å². The monoisotopic (exact) mass is 360 g/mol. The fourth-order valence-corrected chi connectivity index (χ4v) is 4.37. The molecule has 1 aliphatic carbocycles. The first-order chi connectivity index (χ1) is 12.1. The molecule has 7 heteroatoms. The zero-order valence-corrected chi connectivity index (χ0v) is 14.1. The number of hydrogen-bond donors (Lipinski definition) is 1. The van der Waals surface area contributed by atoms with Gasteiger partial charge in [-0.2, -0.15) is 0 Å². The molecule has 1 saturated carbocycles. The van der Waals surface area contributed by atoms with Crippen LogP contribution in [0.15, 0.2) is 34.9 Å². The van der Waals surface area contributed by atoms with Crippen LogP contribution in [0.3, 0.4) is 0 Å². The van der Waals surface area contributed by atoms with Crippen LogP contribution in [-0.2, 0) is 4.79 Å². The number of amides is 1. The van der Waals surface area contributed by atoms with Crippen LogP contribution in [0.1, 0.15) is 29.8 Å². The summed E-state index contributed by atoms with van der Waals surface area (Å²) in [6.07, 6.45) is 2.86. The highest BCUT2D eigenvalue weighted by atomic mass is 35.5. The highest BCUT2D eigenvalue weighted by Crippen LogP contribution is 2.42.